The number of rotatable bonds is 3. The van der Waals surface area contributed by atoms with Gasteiger partial charge in [-0.05, 0) is 37.5 Å². The van der Waals surface area contributed by atoms with Gasteiger partial charge in [-0.25, -0.2) is 14.4 Å². The van der Waals surface area contributed by atoms with Crippen molar-refractivity contribution in [2.45, 2.75) is 25.3 Å². The van der Waals surface area contributed by atoms with Crippen molar-refractivity contribution in [1.82, 2.24) is 9.80 Å². The number of likely N-dealkylation sites (tertiary alicyclic amines) is 1. The largest absolute Gasteiger partial charge is 0.475 e. The lowest BCUT2D eigenvalue weighted by Gasteiger charge is -2.37. The van der Waals surface area contributed by atoms with Crippen LogP contribution in [0, 0.1) is 0 Å². The van der Waals surface area contributed by atoms with Crippen molar-refractivity contribution in [3.05, 3.63) is 42.2 Å². The second-order valence-electron chi connectivity index (χ2n) is 6.35. The molecule has 0 saturated carbocycles. The van der Waals surface area contributed by atoms with Gasteiger partial charge in [-0.2, -0.15) is 0 Å². The molecule has 2 aliphatic heterocycles. The monoisotopic (exact) mass is 359 g/mol. The van der Waals surface area contributed by atoms with E-state index >= 15 is 0 Å². The number of fused-ring (bicyclic) bond motifs is 1. The summed E-state index contributed by atoms with van der Waals surface area (Å²) in [5, 5.41) is 11.7. The highest BCUT2D eigenvalue weighted by Crippen LogP contribution is 2.24. The lowest BCUT2D eigenvalue weighted by atomic mass is 10.0. The van der Waals surface area contributed by atoms with E-state index in [0.29, 0.717) is 32.5 Å². The zero-order valence-electron chi connectivity index (χ0n) is 14.3. The average Bonchev–Trinajstić information content (AvgIpc) is 2.80. The Morgan fingerprint density at radius 2 is 1.88 bits per heavy atom. The Kier molecular flexibility index (Phi) is 5.11. The first kappa shape index (κ1) is 17.8. The number of aliphatic carboxylic acids is 1. The normalized spacial score (nSPS) is 17.8. The Morgan fingerprint density at radius 3 is 2.58 bits per heavy atom. The lowest BCUT2D eigenvalue weighted by Crippen LogP contribution is -2.50. The molecule has 0 radical (unpaired) electrons. The first-order chi connectivity index (χ1) is 12.5. The summed E-state index contributed by atoms with van der Waals surface area (Å²) in [4.78, 5) is 38.4. The van der Waals surface area contributed by atoms with Crippen molar-refractivity contribution < 1.29 is 24.2 Å². The molecular formula is C18H21N3O5. The van der Waals surface area contributed by atoms with Crippen LogP contribution in [0.15, 0.2) is 36.6 Å². The number of para-hydroxylation sites is 1. The number of carbonyl (C=O) groups is 3. The van der Waals surface area contributed by atoms with Crippen molar-refractivity contribution >= 4 is 23.8 Å². The maximum atomic E-state index is 12.5. The molecule has 2 aliphatic rings. The summed E-state index contributed by atoms with van der Waals surface area (Å²) in [6.07, 6.45) is 1.27. The van der Waals surface area contributed by atoms with Crippen LogP contribution in [0.1, 0.15) is 18.4 Å². The zero-order valence-corrected chi connectivity index (χ0v) is 14.3. The molecule has 26 heavy (non-hydrogen) atoms. The predicted octanol–water partition coefficient (Wildman–Crippen LogP) is 2.28. The fourth-order valence-electron chi connectivity index (χ4n) is 3.31. The average molecular weight is 359 g/mol. The molecule has 0 aliphatic carbocycles. The number of nitrogens with one attached hydrogen (secondary N) is 1. The van der Waals surface area contributed by atoms with Crippen LogP contribution in [0.25, 0.3) is 0 Å². The second kappa shape index (κ2) is 7.47. The summed E-state index contributed by atoms with van der Waals surface area (Å²) in [6.45, 7) is 4.60. The molecule has 0 unspecified atom stereocenters. The van der Waals surface area contributed by atoms with Crippen LogP contribution in [0.5, 0.6) is 0 Å². The van der Waals surface area contributed by atoms with Crippen LogP contribution >= 0.6 is 0 Å². The molecule has 2 N–H and O–H groups in total. The number of anilines is 1. The number of hydrogen-bond donors (Lipinski definition) is 2. The van der Waals surface area contributed by atoms with Gasteiger partial charge in [-0.3, -0.25) is 0 Å². The molecular weight excluding hydrogens is 338 g/mol. The van der Waals surface area contributed by atoms with Gasteiger partial charge in [0.2, 0.25) is 5.76 Å². The van der Waals surface area contributed by atoms with Crippen molar-refractivity contribution in [3.63, 3.8) is 0 Å². The Labute approximate surface area is 151 Å². The van der Waals surface area contributed by atoms with Crippen LogP contribution < -0.4 is 5.32 Å². The Hall–Kier alpha value is -3.03. The minimum absolute atomic E-state index is 0.0241. The van der Waals surface area contributed by atoms with E-state index in [1.165, 1.54) is 4.90 Å². The summed E-state index contributed by atoms with van der Waals surface area (Å²) >= 11 is 0. The van der Waals surface area contributed by atoms with E-state index in [1.54, 1.807) is 0 Å². The number of amides is 3. The van der Waals surface area contributed by atoms with E-state index in [9.17, 15) is 14.4 Å². The van der Waals surface area contributed by atoms with Crippen LogP contribution in [0.4, 0.5) is 15.3 Å². The number of ether oxygens (including phenoxy) is 1. The maximum Gasteiger partial charge on any atom is 0.415 e. The van der Waals surface area contributed by atoms with Crippen molar-refractivity contribution in [2.24, 2.45) is 0 Å². The molecule has 0 aromatic heterocycles. The zero-order chi connectivity index (χ0) is 18.7. The Bertz CT molecular complexity index is 740. The number of hydrogen-bond acceptors (Lipinski definition) is 4. The van der Waals surface area contributed by atoms with Gasteiger partial charge >= 0.3 is 18.1 Å². The summed E-state index contributed by atoms with van der Waals surface area (Å²) in [7, 11) is 0. The Balaban J connectivity index is 1.57. The van der Waals surface area contributed by atoms with Crippen molar-refractivity contribution in [2.75, 3.05) is 25.0 Å². The molecule has 0 spiro atoms. The van der Waals surface area contributed by atoms with Gasteiger partial charge in [-0.1, -0.05) is 18.2 Å². The highest BCUT2D eigenvalue weighted by Gasteiger charge is 2.32. The van der Waals surface area contributed by atoms with Crippen molar-refractivity contribution in [1.29, 1.82) is 0 Å². The molecule has 0 bridgehead atoms. The minimum atomic E-state index is -1.37. The molecule has 2 heterocycles. The molecule has 1 aromatic carbocycles. The minimum Gasteiger partial charge on any atom is -0.475 e. The molecule has 1 aromatic rings. The third kappa shape index (κ3) is 3.79. The molecule has 1 saturated heterocycles. The van der Waals surface area contributed by atoms with Gasteiger partial charge in [0.05, 0.1) is 0 Å². The molecule has 3 amide bonds. The van der Waals surface area contributed by atoms with E-state index in [1.807, 2.05) is 29.2 Å². The third-order valence-corrected chi connectivity index (χ3v) is 4.75. The SMILES string of the molecule is C=C(OC(=O)N1CCC(N2CCc3ccccc3NC2=O)CC1)C(=O)O. The van der Waals surface area contributed by atoms with Gasteiger partial charge < -0.3 is 25.0 Å². The van der Waals surface area contributed by atoms with Gasteiger partial charge in [-0.15, -0.1) is 0 Å². The fourth-order valence-corrected chi connectivity index (χ4v) is 3.31. The summed E-state index contributed by atoms with van der Waals surface area (Å²) in [6, 6.07) is 7.64. The summed E-state index contributed by atoms with van der Waals surface area (Å²) < 4.78 is 4.72. The van der Waals surface area contributed by atoms with E-state index < -0.39 is 17.8 Å². The highest BCUT2D eigenvalue weighted by atomic mass is 16.6. The number of urea groups is 1. The molecule has 138 valence electrons. The number of carboxylic acids is 1. The smallest absolute Gasteiger partial charge is 0.415 e. The topological polar surface area (TPSA) is 99.2 Å². The quantitative estimate of drug-likeness (QED) is 0.637. The number of benzene rings is 1. The van der Waals surface area contributed by atoms with Crippen LogP contribution in [0.2, 0.25) is 0 Å². The highest BCUT2D eigenvalue weighted by molar-refractivity contribution is 5.91. The number of piperidine rings is 1. The van der Waals surface area contributed by atoms with Crippen LogP contribution in [-0.2, 0) is 16.0 Å². The van der Waals surface area contributed by atoms with Gasteiger partial charge in [0.15, 0.2) is 0 Å². The molecule has 3 rings (SSSR count). The standard InChI is InChI=1S/C18H21N3O5/c1-12(16(22)23)26-18(25)20-9-7-14(8-10-20)21-11-6-13-4-2-3-5-15(13)19-17(21)24/h2-5,14H,1,6-11H2,(H,19,24)(H,22,23). The molecule has 1 fully saturated rings. The number of nitrogens with zero attached hydrogens (tertiary/aromatic N) is 2. The maximum absolute atomic E-state index is 12.5. The van der Waals surface area contributed by atoms with E-state index in [0.717, 1.165) is 17.7 Å². The summed E-state index contributed by atoms with van der Waals surface area (Å²) in [5.74, 6) is -1.96. The molecule has 0 atom stereocenters. The number of carboxylic acid groups (broad SMARTS) is 1. The van der Waals surface area contributed by atoms with E-state index in [2.05, 4.69) is 11.9 Å². The summed E-state index contributed by atoms with van der Waals surface area (Å²) in [5.41, 5.74) is 1.95. The first-order valence-electron chi connectivity index (χ1n) is 8.50. The third-order valence-electron chi connectivity index (χ3n) is 4.75. The molecule has 8 heteroatoms. The van der Waals surface area contributed by atoms with E-state index in [4.69, 9.17) is 9.84 Å². The van der Waals surface area contributed by atoms with Crippen LogP contribution in [0.3, 0.4) is 0 Å². The predicted molar refractivity (Wildman–Crippen MR) is 93.7 cm³/mol. The first-order valence-corrected chi connectivity index (χ1v) is 8.50. The van der Waals surface area contributed by atoms with Crippen molar-refractivity contribution in [3.8, 4) is 0 Å². The van der Waals surface area contributed by atoms with Gasteiger partial charge in [0.1, 0.15) is 0 Å². The van der Waals surface area contributed by atoms with Crippen LogP contribution in [-0.4, -0.2) is 58.7 Å². The number of carbonyl (C=O) groups excluding carboxylic acids is 2. The Morgan fingerprint density at radius 1 is 1.19 bits per heavy atom. The lowest BCUT2D eigenvalue weighted by molar-refractivity contribution is -0.135. The van der Waals surface area contributed by atoms with Gasteiger partial charge in [0, 0.05) is 31.4 Å². The fraction of sp³-hybridized carbons (Fsp3) is 0.389. The second-order valence-corrected chi connectivity index (χ2v) is 6.35. The molecule has 8 nitrogen and oxygen atoms in total. The van der Waals surface area contributed by atoms with E-state index in [-0.39, 0.29) is 12.1 Å². The van der Waals surface area contributed by atoms with Gasteiger partial charge in [0.25, 0.3) is 0 Å².